The van der Waals surface area contributed by atoms with Crippen molar-refractivity contribution in [2.75, 3.05) is 6.61 Å². The SMILES string of the molecule is CCCCC#Cc1ccccc1C(=O)OC1O[C@H](COCc2ccccc2)[C@@H](OCc2ccccc2)[C@H](OCc2ccccc2)[C@H]1OCc1ccccc1. The third kappa shape index (κ3) is 11.5. The predicted molar refractivity (Wildman–Crippen MR) is 208 cm³/mol. The minimum atomic E-state index is -1.16. The van der Waals surface area contributed by atoms with Crippen molar-refractivity contribution in [2.45, 2.75) is 83.3 Å². The van der Waals surface area contributed by atoms with Crippen molar-refractivity contribution in [3.63, 3.8) is 0 Å². The highest BCUT2D eigenvalue weighted by atomic mass is 16.7. The summed E-state index contributed by atoms with van der Waals surface area (Å²) in [5.74, 6) is 5.81. The summed E-state index contributed by atoms with van der Waals surface area (Å²) < 4.78 is 39.5. The van der Waals surface area contributed by atoms with Crippen LogP contribution in [0.25, 0.3) is 0 Å². The van der Waals surface area contributed by atoms with Gasteiger partial charge in [0.2, 0.25) is 6.29 Å². The fourth-order valence-corrected chi connectivity index (χ4v) is 6.20. The Balaban J connectivity index is 1.34. The molecule has 0 N–H and O–H groups in total. The molecule has 0 saturated carbocycles. The molecule has 5 atom stereocenters. The Kier molecular flexibility index (Phi) is 15.0. The molecule has 7 heteroatoms. The van der Waals surface area contributed by atoms with Crippen LogP contribution in [0, 0.1) is 11.8 Å². The van der Waals surface area contributed by atoms with Gasteiger partial charge in [0, 0.05) is 12.0 Å². The van der Waals surface area contributed by atoms with E-state index in [1.807, 2.05) is 133 Å². The molecule has 278 valence electrons. The summed E-state index contributed by atoms with van der Waals surface area (Å²) >= 11 is 0. The third-order valence-corrected chi connectivity index (χ3v) is 9.09. The Morgan fingerprint density at radius 2 is 1.07 bits per heavy atom. The van der Waals surface area contributed by atoms with E-state index in [-0.39, 0.29) is 19.8 Å². The fourth-order valence-electron chi connectivity index (χ4n) is 6.20. The summed E-state index contributed by atoms with van der Waals surface area (Å²) in [4.78, 5) is 14.1. The number of unbranched alkanes of at least 4 members (excludes halogenated alkanes) is 2. The van der Waals surface area contributed by atoms with Crippen molar-refractivity contribution in [3.8, 4) is 11.8 Å². The lowest BCUT2D eigenvalue weighted by molar-refractivity contribution is -0.315. The second-order valence-electron chi connectivity index (χ2n) is 13.2. The molecule has 1 heterocycles. The molecule has 5 aromatic carbocycles. The zero-order chi connectivity index (χ0) is 37.2. The second-order valence-corrected chi connectivity index (χ2v) is 13.2. The van der Waals surface area contributed by atoms with Crippen molar-refractivity contribution in [1.82, 2.24) is 0 Å². The van der Waals surface area contributed by atoms with Crippen molar-refractivity contribution in [1.29, 1.82) is 0 Å². The monoisotopic (exact) mass is 724 g/mol. The molecular weight excluding hydrogens is 677 g/mol. The molecule has 1 aliphatic rings. The van der Waals surface area contributed by atoms with E-state index in [0.717, 1.165) is 41.5 Å². The first-order chi connectivity index (χ1) is 26.7. The van der Waals surface area contributed by atoms with Crippen molar-refractivity contribution in [2.24, 2.45) is 0 Å². The average Bonchev–Trinajstić information content (AvgIpc) is 3.22. The Morgan fingerprint density at radius 1 is 0.593 bits per heavy atom. The van der Waals surface area contributed by atoms with Crippen LogP contribution in [-0.4, -0.2) is 43.3 Å². The van der Waals surface area contributed by atoms with Crippen LogP contribution in [0.5, 0.6) is 0 Å². The molecule has 0 radical (unpaired) electrons. The molecule has 1 aliphatic heterocycles. The number of rotatable bonds is 17. The first-order valence-electron chi connectivity index (χ1n) is 18.7. The third-order valence-electron chi connectivity index (χ3n) is 9.09. The molecule has 0 bridgehead atoms. The number of hydrogen-bond donors (Lipinski definition) is 0. The quantitative estimate of drug-likeness (QED) is 0.0538. The molecule has 6 rings (SSSR count). The average molecular weight is 725 g/mol. The summed E-state index contributed by atoms with van der Waals surface area (Å²) in [7, 11) is 0. The Hall–Kier alpha value is -5.07. The maximum Gasteiger partial charge on any atom is 0.341 e. The summed E-state index contributed by atoms with van der Waals surface area (Å²) in [6.45, 7) is 3.45. The predicted octanol–water partition coefficient (Wildman–Crippen LogP) is 9.08. The van der Waals surface area contributed by atoms with Gasteiger partial charge in [-0.25, -0.2) is 4.79 Å². The van der Waals surface area contributed by atoms with E-state index in [4.69, 9.17) is 28.4 Å². The van der Waals surface area contributed by atoms with Gasteiger partial charge >= 0.3 is 5.97 Å². The van der Waals surface area contributed by atoms with Crippen molar-refractivity contribution in [3.05, 3.63) is 179 Å². The highest BCUT2D eigenvalue weighted by Crippen LogP contribution is 2.32. The van der Waals surface area contributed by atoms with Crippen LogP contribution in [0.2, 0.25) is 0 Å². The zero-order valence-corrected chi connectivity index (χ0v) is 30.8. The molecular formula is C47H48O7. The molecule has 5 aromatic rings. The van der Waals surface area contributed by atoms with E-state index in [1.54, 1.807) is 12.1 Å². The number of ether oxygens (including phenoxy) is 6. The minimum absolute atomic E-state index is 0.151. The number of hydrogen-bond acceptors (Lipinski definition) is 7. The van der Waals surface area contributed by atoms with E-state index in [9.17, 15) is 4.79 Å². The van der Waals surface area contributed by atoms with Crippen LogP contribution in [0.1, 0.15) is 64.4 Å². The molecule has 54 heavy (non-hydrogen) atoms. The minimum Gasteiger partial charge on any atom is -0.429 e. The van der Waals surface area contributed by atoms with Crippen molar-refractivity contribution >= 4 is 5.97 Å². The Bertz CT molecular complexity index is 1890. The lowest BCUT2D eigenvalue weighted by Crippen LogP contribution is -2.62. The molecule has 0 aromatic heterocycles. The Morgan fingerprint density at radius 3 is 1.63 bits per heavy atom. The van der Waals surface area contributed by atoms with Crippen LogP contribution < -0.4 is 0 Å². The molecule has 0 aliphatic carbocycles. The van der Waals surface area contributed by atoms with Gasteiger partial charge in [0.25, 0.3) is 0 Å². The number of carbonyl (C=O) groups is 1. The number of benzene rings is 5. The van der Waals surface area contributed by atoms with Gasteiger partial charge in [0.05, 0.1) is 38.6 Å². The molecule has 7 nitrogen and oxygen atoms in total. The van der Waals surface area contributed by atoms with Crippen molar-refractivity contribution < 1.29 is 33.2 Å². The fraction of sp³-hybridized carbons (Fsp3) is 0.298. The first-order valence-corrected chi connectivity index (χ1v) is 18.7. The molecule has 1 fully saturated rings. The van der Waals surface area contributed by atoms with Crippen LogP contribution in [0.15, 0.2) is 146 Å². The standard InChI is InChI=1S/C47H48O7/c1-2-3-4-17-28-40-29-18-19-30-41(40)46(48)54-47-45(52-34-39-26-15-8-16-27-39)44(51-33-38-24-13-7-14-25-38)43(50-32-37-22-11-6-12-23-37)42(53-47)35-49-31-36-20-9-5-10-21-36/h5-16,18-27,29-30,42-45,47H,2-4,31-35H2,1H3/t42-,43-,44+,45-,47?/m1/s1. The topological polar surface area (TPSA) is 72.5 Å². The largest absolute Gasteiger partial charge is 0.429 e. The maximum absolute atomic E-state index is 14.1. The van der Waals surface area contributed by atoms with Crippen LogP contribution in [-0.2, 0) is 54.8 Å². The van der Waals surface area contributed by atoms with E-state index >= 15 is 0 Å². The summed E-state index contributed by atoms with van der Waals surface area (Å²) in [5, 5.41) is 0. The molecule has 0 amide bonds. The summed E-state index contributed by atoms with van der Waals surface area (Å²) in [6, 6.07) is 46.9. The van der Waals surface area contributed by atoms with E-state index in [0.29, 0.717) is 24.3 Å². The highest BCUT2D eigenvalue weighted by molar-refractivity contribution is 5.92. The maximum atomic E-state index is 14.1. The van der Waals surface area contributed by atoms with Gasteiger partial charge < -0.3 is 28.4 Å². The van der Waals surface area contributed by atoms with Gasteiger partial charge in [-0.1, -0.05) is 159 Å². The van der Waals surface area contributed by atoms with E-state index in [2.05, 4.69) is 18.8 Å². The van der Waals surface area contributed by atoms with Gasteiger partial charge in [-0.2, -0.15) is 0 Å². The number of carbonyl (C=O) groups excluding carboxylic acids is 1. The van der Waals surface area contributed by atoms with Gasteiger partial charge in [-0.3, -0.25) is 0 Å². The number of esters is 1. The molecule has 1 unspecified atom stereocenters. The van der Waals surface area contributed by atoms with E-state index in [1.165, 1.54) is 0 Å². The highest BCUT2D eigenvalue weighted by Gasteiger charge is 2.50. The van der Waals surface area contributed by atoms with Gasteiger partial charge in [0.1, 0.15) is 24.4 Å². The molecule has 0 spiro atoms. The van der Waals surface area contributed by atoms with Gasteiger partial charge in [-0.15, -0.1) is 0 Å². The first kappa shape index (κ1) is 38.6. The normalized spacial score (nSPS) is 19.4. The lowest BCUT2D eigenvalue weighted by atomic mass is 9.97. The summed E-state index contributed by atoms with van der Waals surface area (Å²) in [5.41, 5.74) is 4.90. The lowest BCUT2D eigenvalue weighted by Gasteiger charge is -2.45. The zero-order valence-electron chi connectivity index (χ0n) is 30.8. The van der Waals surface area contributed by atoms with Crippen LogP contribution >= 0.6 is 0 Å². The second kappa shape index (κ2) is 21.0. The van der Waals surface area contributed by atoms with Gasteiger partial charge in [-0.05, 0) is 40.8 Å². The van der Waals surface area contributed by atoms with Gasteiger partial charge in [0.15, 0.2) is 0 Å². The molecule has 1 saturated heterocycles. The Labute approximate surface area is 319 Å². The summed E-state index contributed by atoms with van der Waals surface area (Å²) in [6.07, 6.45) is -1.32. The van der Waals surface area contributed by atoms with Crippen LogP contribution in [0.3, 0.4) is 0 Å². The smallest absolute Gasteiger partial charge is 0.341 e. The van der Waals surface area contributed by atoms with E-state index < -0.39 is 36.7 Å². The van der Waals surface area contributed by atoms with Crippen LogP contribution in [0.4, 0.5) is 0 Å².